The van der Waals surface area contributed by atoms with Crippen LogP contribution >= 0.6 is 0 Å². The Morgan fingerprint density at radius 2 is 2.04 bits per heavy atom. The first-order chi connectivity index (χ1) is 11.0. The predicted molar refractivity (Wildman–Crippen MR) is 83.3 cm³/mol. The number of methoxy groups -OCH3 is 1. The van der Waals surface area contributed by atoms with Gasteiger partial charge in [-0.25, -0.2) is 4.39 Å². The molecule has 1 aromatic heterocycles. The van der Waals surface area contributed by atoms with E-state index in [-0.39, 0.29) is 18.5 Å². The molecule has 0 atom stereocenters. The maximum atomic E-state index is 14.1. The zero-order chi connectivity index (χ0) is 16.2. The van der Waals surface area contributed by atoms with Crippen molar-refractivity contribution in [1.29, 1.82) is 0 Å². The van der Waals surface area contributed by atoms with Gasteiger partial charge in [-0.05, 0) is 37.3 Å². The summed E-state index contributed by atoms with van der Waals surface area (Å²) >= 11 is 0. The summed E-state index contributed by atoms with van der Waals surface area (Å²) in [5, 5.41) is 0. The second-order valence-corrected chi connectivity index (χ2v) is 6.47. The number of rotatable bonds is 3. The van der Waals surface area contributed by atoms with Crippen LogP contribution in [-0.2, 0) is 0 Å². The summed E-state index contributed by atoms with van der Waals surface area (Å²) in [6, 6.07) is 9.13. The zero-order valence-electron chi connectivity index (χ0n) is 13.1. The molecule has 2 aliphatic heterocycles. The maximum absolute atomic E-state index is 14.1. The average Bonchev–Trinajstić information content (AvgIpc) is 3.16. The van der Waals surface area contributed by atoms with Crippen LogP contribution in [-0.4, -0.2) is 36.2 Å². The van der Waals surface area contributed by atoms with Gasteiger partial charge in [-0.15, -0.1) is 0 Å². The van der Waals surface area contributed by atoms with E-state index in [0.29, 0.717) is 29.9 Å². The molecule has 1 aromatic carbocycles. The molecule has 2 saturated heterocycles. The number of fused-ring (bicyclic) bond motifs is 1. The fraction of sp³-hybridized carbons (Fsp3) is 0.389. The number of alkyl halides is 1. The van der Waals surface area contributed by atoms with Crippen molar-refractivity contribution in [2.24, 2.45) is 0 Å². The third-order valence-electron chi connectivity index (χ3n) is 4.80. The van der Waals surface area contributed by atoms with Crippen LogP contribution in [0.25, 0.3) is 11.3 Å². The van der Waals surface area contributed by atoms with Crippen LogP contribution in [0.15, 0.2) is 34.7 Å². The Kier molecular flexibility index (Phi) is 3.01. The molecule has 5 heteroatoms. The van der Waals surface area contributed by atoms with Crippen molar-refractivity contribution in [3.05, 3.63) is 41.7 Å². The first kappa shape index (κ1) is 14.3. The third kappa shape index (κ3) is 2.22. The van der Waals surface area contributed by atoms with Gasteiger partial charge in [0.25, 0.3) is 5.91 Å². The van der Waals surface area contributed by atoms with E-state index in [0.717, 1.165) is 11.3 Å². The number of carbonyl (C=O) groups is 1. The van der Waals surface area contributed by atoms with Crippen LogP contribution in [0.4, 0.5) is 4.39 Å². The van der Waals surface area contributed by atoms with Gasteiger partial charge in [0.1, 0.15) is 22.9 Å². The molecule has 120 valence electrons. The van der Waals surface area contributed by atoms with Gasteiger partial charge in [0.2, 0.25) is 0 Å². The number of nitrogens with zero attached hydrogens (tertiary/aromatic N) is 1. The van der Waals surface area contributed by atoms with E-state index in [1.807, 2.05) is 31.2 Å². The lowest BCUT2D eigenvalue weighted by Gasteiger charge is -2.29. The van der Waals surface area contributed by atoms with Gasteiger partial charge in [0.05, 0.1) is 19.2 Å². The van der Waals surface area contributed by atoms with Gasteiger partial charge in [0.15, 0.2) is 0 Å². The summed E-state index contributed by atoms with van der Waals surface area (Å²) in [5.74, 6) is 1.80. The van der Waals surface area contributed by atoms with Gasteiger partial charge < -0.3 is 14.1 Å². The van der Waals surface area contributed by atoms with Gasteiger partial charge in [-0.2, -0.15) is 0 Å². The fourth-order valence-electron chi connectivity index (χ4n) is 3.59. The van der Waals surface area contributed by atoms with Crippen LogP contribution in [0, 0.1) is 6.92 Å². The van der Waals surface area contributed by atoms with E-state index in [9.17, 15) is 9.18 Å². The summed E-state index contributed by atoms with van der Waals surface area (Å²) in [5.41, 5.74) is 0.145. The van der Waals surface area contributed by atoms with E-state index in [1.54, 1.807) is 18.1 Å². The maximum Gasteiger partial charge on any atom is 0.258 e. The molecule has 1 saturated carbocycles. The molecule has 0 N–H and O–H groups in total. The van der Waals surface area contributed by atoms with Crippen molar-refractivity contribution in [1.82, 2.24) is 4.90 Å². The highest BCUT2D eigenvalue weighted by Crippen LogP contribution is 2.48. The molecule has 2 bridgehead atoms. The first-order valence-electron chi connectivity index (χ1n) is 7.74. The molecule has 0 radical (unpaired) electrons. The van der Waals surface area contributed by atoms with E-state index >= 15 is 0 Å². The van der Waals surface area contributed by atoms with Crippen molar-refractivity contribution in [2.45, 2.75) is 31.5 Å². The zero-order valence-corrected chi connectivity index (χ0v) is 13.1. The number of hydrogen-bond acceptors (Lipinski definition) is 3. The highest BCUT2D eigenvalue weighted by molar-refractivity contribution is 6.00. The second-order valence-electron chi connectivity index (χ2n) is 6.47. The Balaban J connectivity index is 1.68. The molecular formula is C18H18FNO3. The smallest absolute Gasteiger partial charge is 0.258 e. The van der Waals surface area contributed by atoms with E-state index in [4.69, 9.17) is 9.15 Å². The predicted octanol–water partition coefficient (Wildman–Crippen LogP) is 3.59. The molecule has 1 amide bonds. The number of benzene rings is 1. The summed E-state index contributed by atoms with van der Waals surface area (Å²) < 4.78 is 25.0. The van der Waals surface area contributed by atoms with Crippen LogP contribution in [0.2, 0.25) is 0 Å². The monoisotopic (exact) mass is 315 g/mol. The topological polar surface area (TPSA) is 42.7 Å². The summed E-state index contributed by atoms with van der Waals surface area (Å²) in [6.45, 7) is 2.01. The summed E-state index contributed by atoms with van der Waals surface area (Å²) in [4.78, 5) is 14.5. The lowest BCUT2D eigenvalue weighted by molar-refractivity contribution is 0.0734. The third-order valence-corrected chi connectivity index (χ3v) is 4.80. The molecular weight excluding hydrogens is 297 g/mol. The van der Waals surface area contributed by atoms with Gasteiger partial charge in [0, 0.05) is 24.4 Å². The molecule has 0 unspecified atom stereocenters. The Morgan fingerprint density at radius 1 is 1.35 bits per heavy atom. The highest BCUT2D eigenvalue weighted by Gasteiger charge is 2.57. The fourth-order valence-corrected chi connectivity index (χ4v) is 3.59. The average molecular weight is 315 g/mol. The van der Waals surface area contributed by atoms with Crippen molar-refractivity contribution >= 4 is 5.91 Å². The number of furan rings is 1. The number of aryl methyl sites for hydroxylation is 1. The van der Waals surface area contributed by atoms with Crippen LogP contribution in [0.1, 0.15) is 29.0 Å². The largest absolute Gasteiger partial charge is 0.497 e. The van der Waals surface area contributed by atoms with E-state index in [2.05, 4.69) is 0 Å². The molecule has 3 heterocycles. The number of ether oxygens (including phenoxy) is 1. The normalized spacial score (nSPS) is 25.3. The lowest BCUT2D eigenvalue weighted by atomic mass is 9.83. The number of hydrogen-bond donors (Lipinski definition) is 0. The molecule has 1 aliphatic carbocycles. The van der Waals surface area contributed by atoms with E-state index < -0.39 is 5.67 Å². The van der Waals surface area contributed by atoms with Crippen molar-refractivity contribution in [3.63, 3.8) is 0 Å². The molecule has 4 nitrogen and oxygen atoms in total. The minimum atomic E-state index is -1.17. The standard InChI is InChI=1S/C18H18FNO3/c1-11-7-15(17(21)20-10-18(19)8-13(20)9-18)16(23-11)12-3-5-14(22-2)6-4-12/h3-7,13H,8-10H2,1-2H3. The van der Waals surface area contributed by atoms with Crippen molar-refractivity contribution in [2.75, 3.05) is 13.7 Å². The van der Waals surface area contributed by atoms with Gasteiger partial charge >= 0.3 is 0 Å². The Bertz CT molecular complexity index is 759. The molecule has 23 heavy (non-hydrogen) atoms. The van der Waals surface area contributed by atoms with Gasteiger partial charge in [-0.3, -0.25) is 4.79 Å². The van der Waals surface area contributed by atoms with Crippen LogP contribution < -0.4 is 4.74 Å². The highest BCUT2D eigenvalue weighted by atomic mass is 19.1. The summed E-state index contributed by atoms with van der Waals surface area (Å²) in [6.07, 6.45) is 0.931. The van der Waals surface area contributed by atoms with Gasteiger partial charge in [-0.1, -0.05) is 0 Å². The second kappa shape index (κ2) is 4.85. The van der Waals surface area contributed by atoms with Crippen molar-refractivity contribution < 1.29 is 18.3 Å². The first-order valence-corrected chi connectivity index (χ1v) is 7.74. The van der Waals surface area contributed by atoms with Crippen LogP contribution in [0.5, 0.6) is 5.75 Å². The molecule has 5 rings (SSSR count). The molecule has 3 aliphatic rings. The number of amides is 1. The van der Waals surface area contributed by atoms with Crippen LogP contribution in [0.3, 0.4) is 0 Å². The Labute approximate surface area is 133 Å². The van der Waals surface area contributed by atoms with E-state index in [1.165, 1.54) is 0 Å². The minimum Gasteiger partial charge on any atom is -0.497 e. The summed E-state index contributed by atoms with van der Waals surface area (Å²) in [7, 11) is 1.60. The van der Waals surface area contributed by atoms with Crippen molar-refractivity contribution in [3.8, 4) is 17.1 Å². The Morgan fingerprint density at radius 3 is 2.61 bits per heavy atom. The molecule has 2 aromatic rings. The molecule has 3 fully saturated rings. The molecule has 0 spiro atoms. The number of halogens is 1. The minimum absolute atomic E-state index is 0.0337. The lowest BCUT2D eigenvalue weighted by Crippen LogP contribution is -2.37. The Hall–Kier alpha value is -2.30. The quantitative estimate of drug-likeness (QED) is 0.869. The number of carbonyl (C=O) groups excluding carboxylic acids is 1. The SMILES string of the molecule is COc1ccc(-c2oc(C)cc2C(=O)N2CC3(F)CC2C3)cc1.